The Balaban J connectivity index is 0.000000127. The Bertz CT molecular complexity index is 261. The number of aromatic nitrogens is 2. The minimum atomic E-state index is 1.29. The number of hydrogen-bond donors (Lipinski definition) is 1. The highest BCUT2D eigenvalue weighted by Gasteiger charge is 1.74. The van der Waals surface area contributed by atoms with Crippen molar-refractivity contribution in [3.63, 3.8) is 0 Å². The van der Waals surface area contributed by atoms with Gasteiger partial charge in [0, 0.05) is 16.0 Å². The minimum absolute atomic E-state index is 1.29. The van der Waals surface area contributed by atoms with Gasteiger partial charge in [-0.25, -0.2) is 4.98 Å². The van der Waals surface area contributed by atoms with E-state index in [4.69, 9.17) is 0 Å². The number of halogens is 1. The highest BCUT2D eigenvalue weighted by Crippen LogP contribution is 1.99. The summed E-state index contributed by atoms with van der Waals surface area (Å²) < 4.78 is 1.29. The average molecular weight is 272 g/mol. The number of benzene rings is 1. The molecule has 1 aromatic carbocycles. The zero-order chi connectivity index (χ0) is 8.65. The summed E-state index contributed by atoms with van der Waals surface area (Å²) in [6, 6.07) is 10.2. The van der Waals surface area contributed by atoms with Crippen LogP contribution in [-0.4, -0.2) is 9.97 Å². The van der Waals surface area contributed by atoms with Crippen LogP contribution >= 0.6 is 22.6 Å². The first-order valence-corrected chi connectivity index (χ1v) is 4.61. The van der Waals surface area contributed by atoms with Crippen LogP contribution in [0.15, 0.2) is 49.1 Å². The summed E-state index contributed by atoms with van der Waals surface area (Å²) in [6.45, 7) is 0. The lowest BCUT2D eigenvalue weighted by Crippen LogP contribution is -1.61. The normalized spacial score (nSPS) is 8.42. The fourth-order valence-corrected chi connectivity index (χ4v) is 1.05. The minimum Gasteiger partial charge on any atom is -0.351 e. The molecule has 0 aliphatic carbocycles. The second kappa shape index (κ2) is 5.77. The first kappa shape index (κ1) is 9.25. The first-order valence-electron chi connectivity index (χ1n) is 3.53. The molecule has 0 radical (unpaired) electrons. The molecule has 62 valence electrons. The zero-order valence-electron chi connectivity index (χ0n) is 6.44. The van der Waals surface area contributed by atoms with Gasteiger partial charge in [0.05, 0.1) is 6.33 Å². The van der Waals surface area contributed by atoms with E-state index in [1.165, 1.54) is 3.57 Å². The fraction of sp³-hybridized carbons (Fsp3) is 0. The van der Waals surface area contributed by atoms with Crippen molar-refractivity contribution < 1.29 is 0 Å². The molecule has 0 fully saturated rings. The molecule has 12 heavy (non-hydrogen) atoms. The summed E-state index contributed by atoms with van der Waals surface area (Å²) in [5.74, 6) is 0. The highest BCUT2D eigenvalue weighted by atomic mass is 127. The molecule has 0 unspecified atom stereocenters. The molecule has 0 bridgehead atoms. The molecule has 0 atom stereocenters. The molecule has 0 aliphatic rings. The third-order valence-corrected chi connectivity index (χ3v) is 1.86. The van der Waals surface area contributed by atoms with Crippen molar-refractivity contribution in [2.75, 3.05) is 0 Å². The van der Waals surface area contributed by atoms with Crippen LogP contribution in [0.2, 0.25) is 0 Å². The maximum atomic E-state index is 3.67. The van der Waals surface area contributed by atoms with E-state index in [1.807, 2.05) is 18.2 Å². The van der Waals surface area contributed by atoms with Crippen LogP contribution < -0.4 is 0 Å². The Morgan fingerprint density at radius 2 is 1.92 bits per heavy atom. The molecule has 0 aliphatic heterocycles. The lowest BCUT2D eigenvalue weighted by Gasteiger charge is -1.80. The van der Waals surface area contributed by atoms with Crippen LogP contribution in [0, 0.1) is 3.57 Å². The van der Waals surface area contributed by atoms with Gasteiger partial charge in [-0.05, 0) is 34.7 Å². The van der Waals surface area contributed by atoms with Crippen molar-refractivity contribution in [2.24, 2.45) is 0 Å². The number of nitrogens with one attached hydrogen (secondary N) is 1. The summed E-state index contributed by atoms with van der Waals surface area (Å²) in [4.78, 5) is 6.42. The second-order valence-electron chi connectivity index (χ2n) is 2.06. The van der Waals surface area contributed by atoms with Crippen LogP contribution in [0.1, 0.15) is 0 Å². The lowest BCUT2D eigenvalue weighted by atomic mass is 10.4. The van der Waals surface area contributed by atoms with Crippen molar-refractivity contribution in [3.8, 4) is 0 Å². The number of imidazole rings is 1. The molecule has 3 heteroatoms. The summed E-state index contributed by atoms with van der Waals surface area (Å²) in [6.07, 6.45) is 5.08. The van der Waals surface area contributed by atoms with Crippen molar-refractivity contribution in [1.82, 2.24) is 9.97 Å². The molecular weight excluding hydrogens is 263 g/mol. The Hall–Kier alpha value is -0.840. The summed E-state index contributed by atoms with van der Waals surface area (Å²) >= 11 is 2.28. The van der Waals surface area contributed by atoms with Crippen LogP contribution in [0.3, 0.4) is 0 Å². The molecule has 2 rings (SSSR count). The van der Waals surface area contributed by atoms with Gasteiger partial charge in [0.1, 0.15) is 0 Å². The van der Waals surface area contributed by atoms with Crippen LogP contribution in [0.25, 0.3) is 0 Å². The van der Waals surface area contributed by atoms with Gasteiger partial charge < -0.3 is 4.98 Å². The smallest absolute Gasteiger partial charge is 0.0919 e. The fourth-order valence-electron chi connectivity index (χ4n) is 0.630. The van der Waals surface area contributed by atoms with Crippen LogP contribution in [-0.2, 0) is 0 Å². The Morgan fingerprint density at radius 1 is 1.17 bits per heavy atom. The third-order valence-electron chi connectivity index (χ3n) is 1.14. The molecule has 0 saturated heterocycles. The summed E-state index contributed by atoms with van der Waals surface area (Å²) in [5.41, 5.74) is 0. The van der Waals surface area contributed by atoms with E-state index < -0.39 is 0 Å². The lowest BCUT2D eigenvalue weighted by molar-refractivity contribution is 1.31. The van der Waals surface area contributed by atoms with Crippen molar-refractivity contribution in [3.05, 3.63) is 52.6 Å². The van der Waals surface area contributed by atoms with Crippen molar-refractivity contribution >= 4 is 22.6 Å². The van der Waals surface area contributed by atoms with Crippen molar-refractivity contribution in [2.45, 2.75) is 0 Å². The molecule has 0 spiro atoms. The van der Waals surface area contributed by atoms with Crippen LogP contribution in [0.5, 0.6) is 0 Å². The van der Waals surface area contributed by atoms with Crippen molar-refractivity contribution in [1.29, 1.82) is 0 Å². The van der Waals surface area contributed by atoms with E-state index in [0.29, 0.717) is 0 Å². The predicted octanol–water partition coefficient (Wildman–Crippen LogP) is 2.70. The van der Waals surface area contributed by atoms with Gasteiger partial charge in [0.15, 0.2) is 0 Å². The summed E-state index contributed by atoms with van der Waals surface area (Å²) in [5, 5.41) is 0. The van der Waals surface area contributed by atoms with E-state index in [1.54, 1.807) is 18.7 Å². The molecular formula is C9H9IN2. The number of rotatable bonds is 0. The Morgan fingerprint density at radius 3 is 2.17 bits per heavy atom. The monoisotopic (exact) mass is 272 g/mol. The SMILES string of the molecule is Ic1ccccc1.c1c[nH]cn1. The number of hydrogen-bond acceptors (Lipinski definition) is 1. The van der Waals surface area contributed by atoms with Crippen LogP contribution in [0.4, 0.5) is 0 Å². The maximum absolute atomic E-state index is 3.67. The Kier molecular flexibility index (Phi) is 4.44. The van der Waals surface area contributed by atoms with Gasteiger partial charge in [-0.2, -0.15) is 0 Å². The van der Waals surface area contributed by atoms with Gasteiger partial charge >= 0.3 is 0 Å². The molecule has 1 N–H and O–H groups in total. The van der Waals surface area contributed by atoms with E-state index in [9.17, 15) is 0 Å². The molecule has 0 amide bonds. The number of H-pyrrole nitrogens is 1. The standard InChI is InChI=1S/C6H5I.C3H4N2/c7-6-4-2-1-3-5-6;1-2-5-3-4-1/h1-5H;1-3H,(H,4,5). The second-order valence-corrected chi connectivity index (χ2v) is 3.30. The largest absolute Gasteiger partial charge is 0.351 e. The first-order chi connectivity index (χ1) is 5.89. The van der Waals surface area contributed by atoms with E-state index in [0.717, 1.165) is 0 Å². The van der Waals surface area contributed by atoms with E-state index in [2.05, 4.69) is 44.7 Å². The Labute approximate surface area is 85.2 Å². The summed E-state index contributed by atoms with van der Waals surface area (Å²) in [7, 11) is 0. The molecule has 1 heterocycles. The topological polar surface area (TPSA) is 28.7 Å². The molecule has 2 nitrogen and oxygen atoms in total. The number of aromatic amines is 1. The predicted molar refractivity (Wildman–Crippen MR) is 57.7 cm³/mol. The maximum Gasteiger partial charge on any atom is 0.0919 e. The van der Waals surface area contributed by atoms with Gasteiger partial charge in [0.2, 0.25) is 0 Å². The average Bonchev–Trinajstić information content (AvgIpc) is 2.62. The zero-order valence-corrected chi connectivity index (χ0v) is 8.60. The highest BCUT2D eigenvalue weighted by molar-refractivity contribution is 14.1. The number of nitrogens with zero attached hydrogens (tertiary/aromatic N) is 1. The van der Waals surface area contributed by atoms with Gasteiger partial charge in [-0.1, -0.05) is 18.2 Å². The van der Waals surface area contributed by atoms with E-state index >= 15 is 0 Å². The third kappa shape index (κ3) is 4.12. The van der Waals surface area contributed by atoms with Gasteiger partial charge in [-0.3, -0.25) is 0 Å². The van der Waals surface area contributed by atoms with Gasteiger partial charge in [-0.15, -0.1) is 0 Å². The molecule has 2 aromatic rings. The quantitative estimate of drug-likeness (QED) is 0.734. The molecule has 1 aromatic heterocycles. The van der Waals surface area contributed by atoms with Gasteiger partial charge in [0.25, 0.3) is 0 Å². The molecule has 0 saturated carbocycles. The van der Waals surface area contributed by atoms with E-state index in [-0.39, 0.29) is 0 Å².